The number of anilines is 2. The summed E-state index contributed by atoms with van der Waals surface area (Å²) in [5, 5.41) is 3.31. The molecule has 0 unspecified atom stereocenters. The molecule has 10 heteroatoms. The highest BCUT2D eigenvalue weighted by atomic mass is 32.1. The Labute approximate surface area is 181 Å². The molecular formula is C21H22FN5O3S. The van der Waals surface area contributed by atoms with Crippen LogP contribution in [0.15, 0.2) is 46.5 Å². The molecule has 1 aliphatic rings. The van der Waals surface area contributed by atoms with Crippen LogP contribution < -0.4 is 21.5 Å². The summed E-state index contributed by atoms with van der Waals surface area (Å²) in [6, 6.07) is 5.33. The van der Waals surface area contributed by atoms with E-state index < -0.39 is 23.0 Å². The molecule has 1 amide bonds. The Hall–Kier alpha value is -3.27. The van der Waals surface area contributed by atoms with Gasteiger partial charge in [-0.25, -0.2) is 14.2 Å². The van der Waals surface area contributed by atoms with Gasteiger partial charge < -0.3 is 10.2 Å². The van der Waals surface area contributed by atoms with Crippen LogP contribution in [0.3, 0.4) is 0 Å². The van der Waals surface area contributed by atoms with Crippen molar-refractivity contribution >= 4 is 38.4 Å². The first-order valence-corrected chi connectivity index (χ1v) is 10.8. The van der Waals surface area contributed by atoms with E-state index in [1.54, 1.807) is 0 Å². The smallest absolute Gasteiger partial charge is 0.333 e. The van der Waals surface area contributed by atoms with E-state index in [2.05, 4.69) is 21.8 Å². The van der Waals surface area contributed by atoms with Crippen LogP contribution in [0.25, 0.3) is 10.3 Å². The van der Waals surface area contributed by atoms with E-state index in [0.717, 1.165) is 36.9 Å². The van der Waals surface area contributed by atoms with Crippen molar-refractivity contribution in [1.82, 2.24) is 14.1 Å². The first-order chi connectivity index (χ1) is 15.0. The average Bonchev–Trinajstić information content (AvgIpc) is 3.22. The monoisotopic (exact) mass is 443 g/mol. The Morgan fingerprint density at radius 1 is 1.16 bits per heavy atom. The number of carbonyl (C=O) groups excluding carboxylic acids is 1. The van der Waals surface area contributed by atoms with E-state index in [1.165, 1.54) is 46.2 Å². The zero-order valence-electron chi connectivity index (χ0n) is 16.8. The SMILES string of the molecule is C=CCn1c(=O)c2sc(N3CCCCC3)nc2n(CC(=O)Nc2ccc(F)cc2)c1=O. The van der Waals surface area contributed by atoms with Crippen molar-refractivity contribution in [1.29, 1.82) is 0 Å². The van der Waals surface area contributed by atoms with Gasteiger partial charge in [-0.15, -0.1) is 6.58 Å². The second-order valence-corrected chi connectivity index (χ2v) is 8.30. The summed E-state index contributed by atoms with van der Waals surface area (Å²) >= 11 is 1.24. The fourth-order valence-corrected chi connectivity index (χ4v) is 4.67. The molecule has 0 aliphatic carbocycles. The van der Waals surface area contributed by atoms with Crippen LogP contribution in [-0.4, -0.2) is 33.1 Å². The summed E-state index contributed by atoms with van der Waals surface area (Å²) < 4.78 is 15.7. The Morgan fingerprint density at radius 3 is 2.55 bits per heavy atom. The van der Waals surface area contributed by atoms with Gasteiger partial charge in [0.05, 0.1) is 0 Å². The third-order valence-electron chi connectivity index (χ3n) is 5.12. The summed E-state index contributed by atoms with van der Waals surface area (Å²) in [5.41, 5.74) is -0.449. The third-order valence-corrected chi connectivity index (χ3v) is 6.22. The van der Waals surface area contributed by atoms with Crippen LogP contribution in [0.1, 0.15) is 19.3 Å². The maximum atomic E-state index is 13.1. The summed E-state index contributed by atoms with van der Waals surface area (Å²) in [6.07, 6.45) is 4.71. The number of fused-ring (bicyclic) bond motifs is 1. The van der Waals surface area contributed by atoms with Gasteiger partial charge in [-0.3, -0.25) is 18.7 Å². The molecule has 1 fully saturated rings. The number of amides is 1. The Bertz CT molecular complexity index is 1240. The fraction of sp³-hybridized carbons (Fsp3) is 0.333. The molecule has 1 saturated heterocycles. The molecule has 0 saturated carbocycles. The van der Waals surface area contributed by atoms with Crippen molar-refractivity contribution in [2.75, 3.05) is 23.3 Å². The lowest BCUT2D eigenvalue weighted by Gasteiger charge is -2.25. The number of benzene rings is 1. The highest BCUT2D eigenvalue weighted by Crippen LogP contribution is 2.28. The predicted octanol–water partition coefficient (Wildman–Crippen LogP) is 2.57. The molecule has 0 bridgehead atoms. The molecule has 3 aromatic rings. The van der Waals surface area contributed by atoms with Crippen LogP contribution in [0.4, 0.5) is 15.2 Å². The Balaban J connectivity index is 1.74. The Kier molecular flexibility index (Phi) is 5.99. The number of carbonyl (C=O) groups is 1. The second kappa shape index (κ2) is 8.84. The quantitative estimate of drug-likeness (QED) is 0.592. The van der Waals surface area contributed by atoms with Gasteiger partial charge in [0.15, 0.2) is 10.8 Å². The van der Waals surface area contributed by atoms with E-state index in [4.69, 9.17) is 0 Å². The van der Waals surface area contributed by atoms with E-state index in [0.29, 0.717) is 15.5 Å². The van der Waals surface area contributed by atoms with Crippen molar-refractivity contribution in [3.8, 4) is 0 Å². The highest BCUT2D eigenvalue weighted by Gasteiger charge is 2.22. The lowest BCUT2D eigenvalue weighted by atomic mass is 10.1. The van der Waals surface area contributed by atoms with E-state index >= 15 is 0 Å². The first kappa shape index (κ1) is 21.0. The Morgan fingerprint density at radius 2 is 1.87 bits per heavy atom. The summed E-state index contributed by atoms with van der Waals surface area (Å²) in [7, 11) is 0. The zero-order chi connectivity index (χ0) is 22.0. The molecule has 1 N–H and O–H groups in total. The van der Waals surface area contributed by atoms with Gasteiger partial charge in [0.25, 0.3) is 5.56 Å². The summed E-state index contributed by atoms with van der Waals surface area (Å²) in [4.78, 5) is 45.2. The summed E-state index contributed by atoms with van der Waals surface area (Å²) in [6.45, 7) is 5.00. The number of thiazole rings is 1. The van der Waals surface area contributed by atoms with Gasteiger partial charge in [0.2, 0.25) is 5.91 Å². The van der Waals surface area contributed by atoms with Gasteiger partial charge in [-0.2, -0.15) is 0 Å². The lowest BCUT2D eigenvalue weighted by molar-refractivity contribution is -0.116. The maximum Gasteiger partial charge on any atom is 0.333 e. The molecule has 162 valence electrons. The minimum absolute atomic E-state index is 0.0319. The van der Waals surface area contributed by atoms with Crippen molar-refractivity contribution in [3.63, 3.8) is 0 Å². The number of rotatable bonds is 6. The number of halogens is 1. The summed E-state index contributed by atoms with van der Waals surface area (Å²) in [5.74, 6) is -0.897. The van der Waals surface area contributed by atoms with Crippen LogP contribution in [0.2, 0.25) is 0 Å². The van der Waals surface area contributed by atoms with E-state index in [1.807, 2.05) is 0 Å². The van der Waals surface area contributed by atoms with Gasteiger partial charge in [0.1, 0.15) is 17.1 Å². The topological polar surface area (TPSA) is 89.2 Å². The zero-order valence-corrected chi connectivity index (χ0v) is 17.7. The number of nitrogens with one attached hydrogen (secondary N) is 1. The minimum Gasteiger partial charge on any atom is -0.348 e. The van der Waals surface area contributed by atoms with Crippen molar-refractivity contribution in [2.45, 2.75) is 32.4 Å². The molecule has 3 heterocycles. The fourth-order valence-electron chi connectivity index (χ4n) is 3.60. The normalized spacial score (nSPS) is 14.0. The number of hydrogen-bond donors (Lipinski definition) is 1. The molecule has 2 aromatic heterocycles. The number of hydrogen-bond acceptors (Lipinski definition) is 6. The molecule has 1 aromatic carbocycles. The van der Waals surface area contributed by atoms with Crippen LogP contribution >= 0.6 is 11.3 Å². The molecule has 8 nitrogen and oxygen atoms in total. The lowest BCUT2D eigenvalue weighted by Crippen LogP contribution is -2.41. The predicted molar refractivity (Wildman–Crippen MR) is 119 cm³/mol. The third kappa shape index (κ3) is 4.29. The number of nitrogens with zero attached hydrogens (tertiary/aromatic N) is 4. The highest BCUT2D eigenvalue weighted by molar-refractivity contribution is 7.22. The first-order valence-electron chi connectivity index (χ1n) is 10.0. The standard InChI is InChI=1S/C21H22FN5O3S/c1-2-10-26-19(29)17-18(24-20(31-17)25-11-4-3-5-12-25)27(21(26)30)13-16(28)23-15-8-6-14(22)7-9-15/h2,6-9H,1,3-5,10-13H2,(H,23,28). The van der Waals surface area contributed by atoms with Gasteiger partial charge in [-0.1, -0.05) is 17.4 Å². The van der Waals surface area contributed by atoms with Crippen molar-refractivity contribution in [3.05, 3.63) is 63.6 Å². The number of piperidine rings is 1. The van der Waals surface area contributed by atoms with Gasteiger partial charge in [0, 0.05) is 25.3 Å². The average molecular weight is 444 g/mol. The van der Waals surface area contributed by atoms with Gasteiger partial charge >= 0.3 is 5.69 Å². The van der Waals surface area contributed by atoms with Crippen molar-refractivity contribution in [2.24, 2.45) is 0 Å². The molecule has 4 rings (SSSR count). The molecule has 1 aliphatic heterocycles. The van der Waals surface area contributed by atoms with Crippen LogP contribution in [0, 0.1) is 5.82 Å². The second-order valence-electron chi connectivity index (χ2n) is 7.33. The molecule has 0 spiro atoms. The molecule has 0 atom stereocenters. The van der Waals surface area contributed by atoms with E-state index in [9.17, 15) is 18.8 Å². The molecule has 0 radical (unpaired) electrons. The van der Waals surface area contributed by atoms with E-state index in [-0.39, 0.29) is 18.7 Å². The molecule has 31 heavy (non-hydrogen) atoms. The maximum absolute atomic E-state index is 13.1. The number of allylic oxidation sites excluding steroid dienone is 1. The minimum atomic E-state index is -0.623. The largest absolute Gasteiger partial charge is 0.348 e. The van der Waals surface area contributed by atoms with Gasteiger partial charge in [-0.05, 0) is 43.5 Å². The molecular weight excluding hydrogens is 421 g/mol. The van der Waals surface area contributed by atoms with Crippen LogP contribution in [-0.2, 0) is 17.9 Å². The number of aromatic nitrogens is 3. The van der Waals surface area contributed by atoms with Crippen molar-refractivity contribution < 1.29 is 9.18 Å². The van der Waals surface area contributed by atoms with Crippen LogP contribution in [0.5, 0.6) is 0 Å².